The Morgan fingerprint density at radius 2 is 2.12 bits per heavy atom. The number of hydrogen-bond donors (Lipinski definition) is 3. The highest BCUT2D eigenvalue weighted by Gasteiger charge is 2.24. The van der Waals surface area contributed by atoms with Crippen LogP contribution in [-0.2, 0) is 9.59 Å². The normalized spacial score (nSPS) is 16.8. The molecule has 1 amide bonds. The Morgan fingerprint density at radius 3 is 2.62 bits per heavy atom. The van der Waals surface area contributed by atoms with Crippen LogP contribution in [0, 0.1) is 0 Å². The van der Waals surface area contributed by atoms with Crippen molar-refractivity contribution >= 4 is 11.9 Å². The minimum absolute atomic E-state index is 0.0944. The third kappa shape index (κ3) is 5.11. The van der Waals surface area contributed by atoms with E-state index in [-0.39, 0.29) is 12.5 Å². The minimum Gasteiger partial charge on any atom is -0.480 e. The highest BCUT2D eigenvalue weighted by atomic mass is 16.4. The van der Waals surface area contributed by atoms with Crippen molar-refractivity contribution < 1.29 is 14.7 Å². The molecule has 0 spiro atoms. The van der Waals surface area contributed by atoms with Gasteiger partial charge in [0.05, 0.1) is 6.54 Å². The number of unbranched alkanes of at least 4 members (excludes halogenated alkanes) is 1. The van der Waals surface area contributed by atoms with Crippen LogP contribution in [0.1, 0.15) is 39.0 Å². The van der Waals surface area contributed by atoms with E-state index in [0.717, 1.165) is 25.7 Å². The van der Waals surface area contributed by atoms with Crippen molar-refractivity contribution in [2.24, 2.45) is 0 Å². The standard InChI is InChI=1S/C11H20N2O3/c1-2-3-4-9(11(15)16)12-7-10(14)13-8-5-6-8/h8-9,12H,2-7H2,1H3,(H,13,14)(H,15,16). The van der Waals surface area contributed by atoms with Crippen LogP contribution in [0.5, 0.6) is 0 Å². The largest absolute Gasteiger partial charge is 0.480 e. The quantitative estimate of drug-likeness (QED) is 0.565. The fourth-order valence-corrected chi connectivity index (χ4v) is 1.44. The van der Waals surface area contributed by atoms with Crippen LogP contribution in [0.2, 0.25) is 0 Å². The van der Waals surface area contributed by atoms with Gasteiger partial charge in [0, 0.05) is 6.04 Å². The van der Waals surface area contributed by atoms with Crippen molar-refractivity contribution in [3.63, 3.8) is 0 Å². The van der Waals surface area contributed by atoms with Crippen LogP contribution in [0.3, 0.4) is 0 Å². The van der Waals surface area contributed by atoms with Crippen LogP contribution < -0.4 is 10.6 Å². The molecule has 1 rings (SSSR count). The van der Waals surface area contributed by atoms with E-state index in [2.05, 4.69) is 10.6 Å². The summed E-state index contributed by atoms with van der Waals surface area (Å²) >= 11 is 0. The zero-order chi connectivity index (χ0) is 12.0. The first-order valence-corrected chi connectivity index (χ1v) is 5.89. The smallest absolute Gasteiger partial charge is 0.320 e. The molecule has 1 saturated carbocycles. The molecule has 0 aromatic rings. The molecule has 5 heteroatoms. The molecule has 16 heavy (non-hydrogen) atoms. The first kappa shape index (κ1) is 13.0. The maximum Gasteiger partial charge on any atom is 0.320 e. The first-order valence-electron chi connectivity index (χ1n) is 5.89. The zero-order valence-electron chi connectivity index (χ0n) is 9.66. The van der Waals surface area contributed by atoms with E-state index in [9.17, 15) is 9.59 Å². The molecule has 1 aliphatic carbocycles. The third-order valence-electron chi connectivity index (χ3n) is 2.60. The van der Waals surface area contributed by atoms with E-state index in [0.29, 0.717) is 12.5 Å². The Labute approximate surface area is 95.6 Å². The van der Waals surface area contributed by atoms with Crippen LogP contribution in [0.25, 0.3) is 0 Å². The number of rotatable bonds is 8. The van der Waals surface area contributed by atoms with Crippen molar-refractivity contribution in [2.45, 2.75) is 51.1 Å². The molecule has 0 saturated heterocycles. The van der Waals surface area contributed by atoms with Gasteiger partial charge < -0.3 is 10.4 Å². The Kier molecular flexibility index (Phi) is 5.25. The number of nitrogens with one attached hydrogen (secondary N) is 2. The molecule has 0 aromatic heterocycles. The van der Waals surface area contributed by atoms with E-state index in [1.54, 1.807) is 0 Å². The summed E-state index contributed by atoms with van der Waals surface area (Å²) in [6.07, 6.45) is 4.48. The molecule has 1 unspecified atom stereocenters. The fourth-order valence-electron chi connectivity index (χ4n) is 1.44. The Morgan fingerprint density at radius 1 is 1.44 bits per heavy atom. The van der Waals surface area contributed by atoms with Crippen LogP contribution >= 0.6 is 0 Å². The molecule has 5 nitrogen and oxygen atoms in total. The zero-order valence-corrected chi connectivity index (χ0v) is 9.66. The van der Waals surface area contributed by atoms with Crippen LogP contribution in [0.15, 0.2) is 0 Å². The van der Waals surface area contributed by atoms with Crippen LogP contribution in [0.4, 0.5) is 0 Å². The van der Waals surface area contributed by atoms with Gasteiger partial charge in [0.15, 0.2) is 0 Å². The van der Waals surface area contributed by atoms with E-state index in [4.69, 9.17) is 5.11 Å². The Hall–Kier alpha value is -1.10. The van der Waals surface area contributed by atoms with E-state index in [1.807, 2.05) is 6.92 Å². The van der Waals surface area contributed by atoms with E-state index >= 15 is 0 Å². The first-order chi connectivity index (χ1) is 7.63. The summed E-state index contributed by atoms with van der Waals surface area (Å²) in [5.41, 5.74) is 0. The number of aliphatic carboxylic acids is 1. The number of carbonyl (C=O) groups excluding carboxylic acids is 1. The molecule has 0 aliphatic heterocycles. The lowest BCUT2D eigenvalue weighted by atomic mass is 10.1. The lowest BCUT2D eigenvalue weighted by Crippen LogP contribution is -2.43. The molecule has 3 N–H and O–H groups in total. The van der Waals surface area contributed by atoms with Crippen LogP contribution in [-0.4, -0.2) is 35.6 Å². The van der Waals surface area contributed by atoms with Gasteiger partial charge in [-0.2, -0.15) is 0 Å². The molecule has 0 radical (unpaired) electrons. The summed E-state index contributed by atoms with van der Waals surface area (Å²) in [5, 5.41) is 14.5. The summed E-state index contributed by atoms with van der Waals surface area (Å²) < 4.78 is 0. The average Bonchev–Trinajstić information content (AvgIpc) is 3.01. The topological polar surface area (TPSA) is 78.4 Å². The van der Waals surface area contributed by atoms with Gasteiger partial charge in [-0.15, -0.1) is 0 Å². The van der Waals surface area contributed by atoms with Gasteiger partial charge >= 0.3 is 5.97 Å². The molecule has 0 aromatic carbocycles. The maximum atomic E-state index is 11.3. The number of carbonyl (C=O) groups is 2. The van der Waals surface area contributed by atoms with Gasteiger partial charge in [0.25, 0.3) is 0 Å². The van der Waals surface area contributed by atoms with Gasteiger partial charge in [-0.3, -0.25) is 14.9 Å². The average molecular weight is 228 g/mol. The van der Waals surface area contributed by atoms with Gasteiger partial charge in [-0.05, 0) is 19.3 Å². The van der Waals surface area contributed by atoms with Crippen molar-refractivity contribution in [3.05, 3.63) is 0 Å². The summed E-state index contributed by atoms with van der Waals surface area (Å²) in [5.74, 6) is -0.988. The molecule has 1 aliphatic rings. The van der Waals surface area contributed by atoms with Gasteiger partial charge in [-0.25, -0.2) is 0 Å². The predicted octanol–water partition coefficient (Wildman–Crippen LogP) is 0.498. The number of hydrogen-bond acceptors (Lipinski definition) is 3. The molecule has 1 atom stereocenters. The molecule has 0 heterocycles. The lowest BCUT2D eigenvalue weighted by Gasteiger charge is -2.13. The van der Waals surface area contributed by atoms with Crippen molar-refractivity contribution in [1.29, 1.82) is 0 Å². The second-order valence-corrected chi connectivity index (χ2v) is 4.26. The van der Waals surface area contributed by atoms with Crippen molar-refractivity contribution in [3.8, 4) is 0 Å². The van der Waals surface area contributed by atoms with Crippen molar-refractivity contribution in [2.75, 3.05) is 6.54 Å². The van der Waals surface area contributed by atoms with Gasteiger partial charge in [0.2, 0.25) is 5.91 Å². The Balaban J connectivity index is 2.19. The molecular formula is C11H20N2O3. The van der Waals surface area contributed by atoms with E-state index < -0.39 is 12.0 Å². The highest BCUT2D eigenvalue weighted by Crippen LogP contribution is 2.18. The molecular weight excluding hydrogens is 208 g/mol. The monoisotopic (exact) mass is 228 g/mol. The second kappa shape index (κ2) is 6.48. The van der Waals surface area contributed by atoms with Gasteiger partial charge in [0.1, 0.15) is 6.04 Å². The SMILES string of the molecule is CCCCC(NCC(=O)NC1CC1)C(=O)O. The minimum atomic E-state index is -0.882. The predicted molar refractivity (Wildman–Crippen MR) is 60.1 cm³/mol. The van der Waals surface area contributed by atoms with Crippen molar-refractivity contribution in [1.82, 2.24) is 10.6 Å². The summed E-state index contributed by atoms with van der Waals surface area (Å²) in [6.45, 7) is 2.11. The number of carboxylic acids is 1. The lowest BCUT2D eigenvalue weighted by molar-refractivity contribution is -0.139. The van der Waals surface area contributed by atoms with Gasteiger partial charge in [-0.1, -0.05) is 19.8 Å². The Bertz CT molecular complexity index is 252. The summed E-state index contributed by atoms with van der Waals surface area (Å²) in [7, 11) is 0. The second-order valence-electron chi connectivity index (χ2n) is 4.26. The highest BCUT2D eigenvalue weighted by molar-refractivity contribution is 5.80. The molecule has 92 valence electrons. The summed E-state index contributed by atoms with van der Waals surface area (Å²) in [4.78, 5) is 22.2. The number of amides is 1. The van der Waals surface area contributed by atoms with E-state index in [1.165, 1.54) is 0 Å². The third-order valence-corrected chi connectivity index (χ3v) is 2.60. The maximum absolute atomic E-state index is 11.3. The number of carboxylic acid groups (broad SMARTS) is 1. The molecule has 0 bridgehead atoms. The summed E-state index contributed by atoms with van der Waals surface area (Å²) in [6, 6.07) is -0.280. The fraction of sp³-hybridized carbons (Fsp3) is 0.818. The molecule has 1 fully saturated rings.